The Hall–Kier alpha value is -3.97. The summed E-state index contributed by atoms with van der Waals surface area (Å²) in [7, 11) is -0.692. The fourth-order valence-electron chi connectivity index (χ4n) is 4.41. The highest BCUT2D eigenvalue weighted by molar-refractivity contribution is 7.90. The van der Waals surface area contributed by atoms with Crippen LogP contribution in [0.3, 0.4) is 0 Å². The molecule has 0 bridgehead atoms. The van der Waals surface area contributed by atoms with Crippen LogP contribution in [0.25, 0.3) is 28.5 Å². The highest BCUT2D eigenvalue weighted by Gasteiger charge is 2.27. The van der Waals surface area contributed by atoms with Crippen LogP contribution in [0.4, 0.5) is 5.82 Å². The first-order valence-corrected chi connectivity index (χ1v) is 13.7. The molecule has 1 saturated heterocycles. The molecule has 13 heteroatoms. The Morgan fingerprint density at radius 1 is 0.974 bits per heavy atom. The van der Waals surface area contributed by atoms with Crippen molar-refractivity contribution >= 4 is 27.3 Å². The van der Waals surface area contributed by atoms with E-state index in [2.05, 4.69) is 19.7 Å². The van der Waals surface area contributed by atoms with Crippen molar-refractivity contribution in [3.8, 4) is 34.6 Å². The van der Waals surface area contributed by atoms with Crippen molar-refractivity contribution in [2.24, 2.45) is 0 Å². The topological polar surface area (TPSA) is 134 Å². The van der Waals surface area contributed by atoms with Gasteiger partial charge in [-0.3, -0.25) is 9.29 Å². The fraction of sp³-hybridized carbons (Fsp3) is 0.360. The average Bonchev–Trinajstić information content (AvgIpc) is 3.31. The lowest BCUT2D eigenvalue weighted by Crippen LogP contribution is -2.39. The summed E-state index contributed by atoms with van der Waals surface area (Å²) in [5, 5.41) is 0. The summed E-state index contributed by atoms with van der Waals surface area (Å²) < 4.78 is 48.7. The Morgan fingerprint density at radius 3 is 2.37 bits per heavy atom. The summed E-state index contributed by atoms with van der Waals surface area (Å²) in [6, 6.07) is 10.7. The molecule has 0 radical (unpaired) electrons. The Morgan fingerprint density at radius 2 is 1.68 bits per heavy atom. The predicted molar refractivity (Wildman–Crippen MR) is 144 cm³/mol. The third kappa shape index (κ3) is 4.94. The fourth-order valence-corrected chi connectivity index (χ4v) is 5.64. The molecular formula is C25H31N7O5S. The van der Waals surface area contributed by atoms with Gasteiger partial charge in [-0.2, -0.15) is 12.7 Å². The predicted octanol–water partition coefficient (Wildman–Crippen LogP) is 3.68. The number of methoxy groups -OCH3 is 2. The van der Waals surface area contributed by atoms with Gasteiger partial charge in [-0.15, -0.1) is 0 Å². The van der Waals surface area contributed by atoms with Crippen LogP contribution in [-0.2, 0) is 10.2 Å². The molecule has 202 valence electrons. The van der Waals surface area contributed by atoms with Crippen molar-refractivity contribution in [2.45, 2.75) is 26.2 Å². The van der Waals surface area contributed by atoms with Crippen LogP contribution >= 0.6 is 0 Å². The van der Waals surface area contributed by atoms with E-state index in [1.54, 1.807) is 49.1 Å². The molecule has 3 aromatic heterocycles. The summed E-state index contributed by atoms with van der Waals surface area (Å²) >= 11 is 0. The largest absolute Gasteiger partial charge is 0.494 e. The molecule has 12 nitrogen and oxygen atoms in total. The number of aromatic nitrogens is 5. The van der Waals surface area contributed by atoms with E-state index in [9.17, 15) is 8.42 Å². The highest BCUT2D eigenvalue weighted by Crippen LogP contribution is 2.38. The van der Waals surface area contributed by atoms with E-state index in [1.165, 1.54) is 10.5 Å². The van der Waals surface area contributed by atoms with Gasteiger partial charge < -0.3 is 14.2 Å². The zero-order valence-electron chi connectivity index (χ0n) is 21.4. The Kier molecular flexibility index (Phi) is 7.29. The normalized spacial score (nSPS) is 14.4. The smallest absolute Gasteiger partial charge is 0.302 e. The third-order valence-electron chi connectivity index (χ3n) is 6.13. The van der Waals surface area contributed by atoms with E-state index in [0.29, 0.717) is 59.9 Å². The van der Waals surface area contributed by atoms with Gasteiger partial charge in [-0.05, 0) is 38.0 Å². The molecule has 1 fully saturated rings. The van der Waals surface area contributed by atoms with Crippen molar-refractivity contribution in [3.05, 3.63) is 42.6 Å². The molecule has 4 heterocycles. The summed E-state index contributed by atoms with van der Waals surface area (Å²) in [5.41, 5.74) is 1.60. The number of benzene rings is 1. The van der Waals surface area contributed by atoms with E-state index < -0.39 is 10.2 Å². The van der Waals surface area contributed by atoms with Crippen LogP contribution in [0.15, 0.2) is 42.6 Å². The van der Waals surface area contributed by atoms with Crippen LogP contribution in [0.1, 0.15) is 27.6 Å². The van der Waals surface area contributed by atoms with Gasteiger partial charge in [0.15, 0.2) is 22.9 Å². The van der Waals surface area contributed by atoms with Crippen molar-refractivity contribution in [2.75, 3.05) is 38.6 Å². The van der Waals surface area contributed by atoms with Gasteiger partial charge in [0, 0.05) is 20.6 Å². The molecular weight excluding hydrogens is 510 g/mol. The van der Waals surface area contributed by atoms with Gasteiger partial charge in [0.2, 0.25) is 5.88 Å². The highest BCUT2D eigenvalue weighted by atomic mass is 32.2. The second-order valence-corrected chi connectivity index (χ2v) is 10.2. The van der Waals surface area contributed by atoms with Gasteiger partial charge >= 0.3 is 10.2 Å². The first-order valence-electron chi connectivity index (χ1n) is 12.3. The van der Waals surface area contributed by atoms with Gasteiger partial charge in [0.05, 0.1) is 27.0 Å². The van der Waals surface area contributed by atoms with Crippen molar-refractivity contribution in [1.29, 1.82) is 0 Å². The number of pyridine rings is 1. The lowest BCUT2D eigenvalue weighted by atomic mass is 10.2. The number of piperidine rings is 1. The quantitative estimate of drug-likeness (QED) is 0.337. The average molecular weight is 542 g/mol. The number of anilines is 1. The van der Waals surface area contributed by atoms with Crippen LogP contribution in [0.2, 0.25) is 0 Å². The zero-order chi connectivity index (χ0) is 26.7. The van der Waals surface area contributed by atoms with Crippen molar-refractivity contribution in [1.82, 2.24) is 28.8 Å². The first kappa shape index (κ1) is 25.7. The number of fused-ring (bicyclic) bond motifs is 1. The third-order valence-corrected chi connectivity index (χ3v) is 7.64. The molecule has 0 unspecified atom stereocenters. The molecule has 1 aliphatic rings. The van der Waals surface area contributed by atoms with E-state index in [1.807, 2.05) is 13.0 Å². The molecule has 0 aliphatic carbocycles. The minimum absolute atomic E-state index is 0. The molecule has 0 spiro atoms. The Labute approximate surface area is 222 Å². The number of ether oxygens (including phenoxy) is 3. The van der Waals surface area contributed by atoms with E-state index in [0.717, 1.165) is 19.3 Å². The summed E-state index contributed by atoms with van der Waals surface area (Å²) in [6.45, 7) is 3.26. The second-order valence-electron chi connectivity index (χ2n) is 8.55. The number of hydrogen-bond acceptors (Lipinski definition) is 9. The van der Waals surface area contributed by atoms with Crippen LogP contribution in [-0.4, -0.2) is 71.1 Å². The number of para-hydroxylation sites is 1. The minimum Gasteiger partial charge on any atom is -0.494 e. The molecule has 4 aromatic rings. The standard InChI is InChI=1S/C25H29N7O5S.H2/c1-4-37-21-13-8-10-17(27-21)24-29-23-25(32(24)22-18(35-2)11-9-12-19(22)36-3)28-20(16-26-23)30-38(33,34)31-14-6-5-7-15-31;/h8-13,16H,4-7,14-15H2,1-3H3,(H,28,30);1H. The van der Waals surface area contributed by atoms with Crippen LogP contribution in [0.5, 0.6) is 17.4 Å². The molecule has 1 aliphatic heterocycles. The maximum absolute atomic E-state index is 13.0. The molecule has 0 saturated carbocycles. The van der Waals surface area contributed by atoms with Gasteiger partial charge in [0.1, 0.15) is 22.9 Å². The number of hydrogen-bond donors (Lipinski definition) is 1. The van der Waals surface area contributed by atoms with Gasteiger partial charge in [0.25, 0.3) is 0 Å². The monoisotopic (exact) mass is 541 g/mol. The molecule has 38 heavy (non-hydrogen) atoms. The lowest BCUT2D eigenvalue weighted by Gasteiger charge is -2.25. The summed E-state index contributed by atoms with van der Waals surface area (Å²) in [6.07, 6.45) is 4.01. The number of imidazole rings is 1. The van der Waals surface area contributed by atoms with Gasteiger partial charge in [-0.1, -0.05) is 18.6 Å². The number of nitrogens with one attached hydrogen (secondary N) is 1. The molecule has 0 amide bonds. The number of nitrogens with zero attached hydrogens (tertiary/aromatic N) is 6. The SMILES string of the molecule is CCOc1cccc(-c2nc3ncc(NS(=O)(=O)N4CCCCC4)nc3n2-c2c(OC)cccc2OC)n1.[HH]. The van der Waals surface area contributed by atoms with Crippen molar-refractivity contribution < 1.29 is 24.1 Å². The van der Waals surface area contributed by atoms with Crippen molar-refractivity contribution in [3.63, 3.8) is 0 Å². The maximum Gasteiger partial charge on any atom is 0.302 e. The Balaban J connectivity index is 0.00000353. The van der Waals surface area contributed by atoms with E-state index in [4.69, 9.17) is 19.2 Å². The first-order chi connectivity index (χ1) is 18.4. The molecule has 1 aromatic carbocycles. The van der Waals surface area contributed by atoms with E-state index in [-0.39, 0.29) is 12.9 Å². The molecule has 0 atom stereocenters. The van der Waals surface area contributed by atoms with E-state index >= 15 is 0 Å². The molecule has 1 N–H and O–H groups in total. The zero-order valence-corrected chi connectivity index (χ0v) is 22.2. The Bertz CT molecular complexity index is 1540. The minimum atomic E-state index is -3.79. The number of rotatable bonds is 9. The van der Waals surface area contributed by atoms with Crippen LogP contribution in [0, 0.1) is 0 Å². The molecule has 5 rings (SSSR count). The summed E-state index contributed by atoms with van der Waals surface area (Å²) in [4.78, 5) is 18.4. The van der Waals surface area contributed by atoms with Crippen LogP contribution < -0.4 is 18.9 Å². The maximum atomic E-state index is 13.0. The lowest BCUT2D eigenvalue weighted by molar-refractivity contribution is 0.327. The summed E-state index contributed by atoms with van der Waals surface area (Å²) in [5.74, 6) is 1.89. The second kappa shape index (κ2) is 10.8. The van der Waals surface area contributed by atoms with Gasteiger partial charge in [-0.25, -0.2) is 19.9 Å².